The number of hydrogen-bond acceptors (Lipinski definition) is 6. The van der Waals surface area contributed by atoms with E-state index in [1.54, 1.807) is 31.2 Å². The lowest BCUT2D eigenvalue weighted by Crippen LogP contribution is -2.35. The summed E-state index contributed by atoms with van der Waals surface area (Å²) in [4.78, 5) is 21.3. The van der Waals surface area contributed by atoms with E-state index in [0.717, 1.165) is 12.1 Å². The van der Waals surface area contributed by atoms with Crippen molar-refractivity contribution < 1.29 is 27.8 Å². The number of benzene rings is 2. The molecule has 164 valence electrons. The Morgan fingerprint density at radius 1 is 1.16 bits per heavy atom. The van der Waals surface area contributed by atoms with Gasteiger partial charge in [0.05, 0.1) is 23.9 Å². The number of amides is 1. The number of aromatic nitrogens is 2. The van der Waals surface area contributed by atoms with Gasteiger partial charge >= 0.3 is 6.36 Å². The van der Waals surface area contributed by atoms with Gasteiger partial charge in [0.2, 0.25) is 0 Å². The van der Waals surface area contributed by atoms with Gasteiger partial charge in [-0.1, -0.05) is 12.1 Å². The van der Waals surface area contributed by atoms with Gasteiger partial charge in [-0.3, -0.25) is 4.79 Å². The number of alkyl halides is 3. The van der Waals surface area contributed by atoms with Crippen molar-refractivity contribution >= 4 is 5.91 Å². The zero-order chi connectivity index (χ0) is 23.3. The van der Waals surface area contributed by atoms with E-state index in [9.17, 15) is 23.1 Å². The summed E-state index contributed by atoms with van der Waals surface area (Å²) >= 11 is 0. The van der Waals surface area contributed by atoms with Crippen LogP contribution in [0.3, 0.4) is 0 Å². The molecule has 3 aromatic rings. The van der Waals surface area contributed by atoms with Gasteiger partial charge in [-0.25, -0.2) is 9.97 Å². The zero-order valence-corrected chi connectivity index (χ0v) is 16.7. The van der Waals surface area contributed by atoms with Crippen LogP contribution < -0.4 is 10.1 Å². The van der Waals surface area contributed by atoms with Crippen LogP contribution in [0.25, 0.3) is 22.6 Å². The van der Waals surface area contributed by atoms with Crippen molar-refractivity contribution in [3.05, 3.63) is 65.9 Å². The van der Waals surface area contributed by atoms with E-state index in [4.69, 9.17) is 5.26 Å². The fraction of sp³-hybridized carbons (Fsp3) is 0.182. The van der Waals surface area contributed by atoms with Crippen LogP contribution in [0.1, 0.15) is 23.0 Å². The minimum atomic E-state index is -4.82. The highest BCUT2D eigenvalue weighted by atomic mass is 19.4. The van der Waals surface area contributed by atoms with Crippen LogP contribution in [0, 0.1) is 11.3 Å². The molecule has 0 aliphatic heterocycles. The SMILES string of the molecule is CC(CO)NC(=O)c1cc(-c2ccc(OC(F)(F)F)cc2)nc(-c2cccc(C#N)c2)n1. The largest absolute Gasteiger partial charge is 0.573 e. The van der Waals surface area contributed by atoms with Crippen LogP contribution in [0.2, 0.25) is 0 Å². The molecule has 1 unspecified atom stereocenters. The first-order valence-electron chi connectivity index (χ1n) is 9.36. The van der Waals surface area contributed by atoms with Crippen molar-refractivity contribution in [1.82, 2.24) is 15.3 Å². The Bertz CT molecular complexity index is 1160. The van der Waals surface area contributed by atoms with Crippen LogP contribution >= 0.6 is 0 Å². The molecule has 0 fully saturated rings. The third kappa shape index (κ3) is 5.80. The molecule has 0 bridgehead atoms. The first-order chi connectivity index (χ1) is 15.2. The Hall–Kier alpha value is -3.97. The minimum absolute atomic E-state index is 0.0109. The van der Waals surface area contributed by atoms with E-state index in [1.807, 2.05) is 6.07 Å². The van der Waals surface area contributed by atoms with Crippen molar-refractivity contribution in [2.75, 3.05) is 6.61 Å². The van der Waals surface area contributed by atoms with Gasteiger partial charge in [0.15, 0.2) is 5.82 Å². The molecule has 0 radical (unpaired) electrons. The lowest BCUT2D eigenvalue weighted by Gasteiger charge is -2.13. The van der Waals surface area contributed by atoms with E-state index < -0.39 is 24.1 Å². The molecule has 0 saturated carbocycles. The van der Waals surface area contributed by atoms with Crippen LogP contribution in [0.4, 0.5) is 13.2 Å². The van der Waals surface area contributed by atoms with Gasteiger partial charge in [0, 0.05) is 17.2 Å². The van der Waals surface area contributed by atoms with Crippen LogP contribution in [-0.4, -0.2) is 40.0 Å². The average molecular weight is 442 g/mol. The maximum Gasteiger partial charge on any atom is 0.573 e. The van der Waals surface area contributed by atoms with Gasteiger partial charge < -0.3 is 15.2 Å². The number of carbonyl (C=O) groups excluding carboxylic acids is 1. The Balaban J connectivity index is 2.05. The van der Waals surface area contributed by atoms with Gasteiger partial charge in [-0.15, -0.1) is 13.2 Å². The summed E-state index contributed by atoms with van der Waals surface area (Å²) in [5.41, 5.74) is 1.53. The van der Waals surface area contributed by atoms with Crippen LogP contribution in [-0.2, 0) is 0 Å². The lowest BCUT2D eigenvalue weighted by atomic mass is 10.1. The van der Waals surface area contributed by atoms with Crippen LogP contribution in [0.15, 0.2) is 54.6 Å². The number of aliphatic hydroxyl groups is 1. The van der Waals surface area contributed by atoms with E-state index in [2.05, 4.69) is 20.0 Å². The van der Waals surface area contributed by atoms with Crippen molar-refractivity contribution in [2.45, 2.75) is 19.3 Å². The number of hydrogen-bond donors (Lipinski definition) is 2. The second kappa shape index (κ2) is 9.45. The minimum Gasteiger partial charge on any atom is -0.406 e. The number of ether oxygens (including phenoxy) is 1. The molecule has 2 N–H and O–H groups in total. The summed E-state index contributed by atoms with van der Waals surface area (Å²) in [5, 5.41) is 20.9. The van der Waals surface area contributed by atoms with Crippen molar-refractivity contribution in [1.29, 1.82) is 5.26 Å². The molecule has 0 spiro atoms. The lowest BCUT2D eigenvalue weighted by molar-refractivity contribution is -0.274. The number of nitriles is 1. The Kier molecular flexibility index (Phi) is 6.70. The summed E-state index contributed by atoms with van der Waals surface area (Å²) in [6, 6.07) is 14.3. The highest BCUT2D eigenvalue weighted by Gasteiger charge is 2.31. The monoisotopic (exact) mass is 442 g/mol. The van der Waals surface area contributed by atoms with E-state index >= 15 is 0 Å². The topological polar surface area (TPSA) is 108 Å². The second-order valence-corrected chi connectivity index (χ2v) is 6.78. The maximum absolute atomic E-state index is 12.6. The summed E-state index contributed by atoms with van der Waals surface area (Å²) < 4.78 is 41.1. The fourth-order valence-electron chi connectivity index (χ4n) is 2.74. The average Bonchev–Trinajstić information content (AvgIpc) is 2.78. The number of nitrogens with one attached hydrogen (secondary N) is 1. The van der Waals surface area contributed by atoms with E-state index in [-0.39, 0.29) is 23.8 Å². The molecule has 1 aromatic heterocycles. The molecule has 3 rings (SSSR count). The first-order valence-corrected chi connectivity index (χ1v) is 9.36. The molecule has 1 amide bonds. The molecule has 2 aromatic carbocycles. The highest BCUT2D eigenvalue weighted by Crippen LogP contribution is 2.27. The molecular weight excluding hydrogens is 425 g/mol. The fourth-order valence-corrected chi connectivity index (χ4v) is 2.74. The predicted molar refractivity (Wildman–Crippen MR) is 108 cm³/mol. The van der Waals surface area contributed by atoms with Gasteiger partial charge in [0.1, 0.15) is 11.4 Å². The van der Waals surface area contributed by atoms with Gasteiger partial charge in [-0.2, -0.15) is 5.26 Å². The van der Waals surface area contributed by atoms with Crippen molar-refractivity contribution in [2.24, 2.45) is 0 Å². The number of halogens is 3. The molecule has 0 aliphatic rings. The Morgan fingerprint density at radius 2 is 1.88 bits per heavy atom. The van der Waals surface area contributed by atoms with E-state index in [1.165, 1.54) is 18.2 Å². The molecular formula is C22H17F3N4O3. The quantitative estimate of drug-likeness (QED) is 0.603. The number of nitrogens with zero attached hydrogens (tertiary/aromatic N) is 3. The van der Waals surface area contributed by atoms with E-state index in [0.29, 0.717) is 16.7 Å². The predicted octanol–water partition coefficient (Wildman–Crippen LogP) is 3.69. The third-order valence-electron chi connectivity index (χ3n) is 4.24. The zero-order valence-electron chi connectivity index (χ0n) is 16.7. The third-order valence-corrected chi connectivity index (χ3v) is 4.24. The smallest absolute Gasteiger partial charge is 0.406 e. The van der Waals surface area contributed by atoms with Gasteiger partial charge in [0.25, 0.3) is 5.91 Å². The number of rotatable bonds is 6. The molecule has 32 heavy (non-hydrogen) atoms. The normalized spacial score (nSPS) is 12.0. The molecule has 0 saturated heterocycles. The van der Waals surface area contributed by atoms with Gasteiger partial charge in [-0.05, 0) is 49.4 Å². The highest BCUT2D eigenvalue weighted by molar-refractivity contribution is 5.94. The van der Waals surface area contributed by atoms with Crippen molar-refractivity contribution in [3.63, 3.8) is 0 Å². The first kappa shape index (κ1) is 22.7. The molecule has 10 heteroatoms. The molecule has 1 heterocycles. The van der Waals surface area contributed by atoms with Crippen LogP contribution in [0.5, 0.6) is 5.75 Å². The summed E-state index contributed by atoms with van der Waals surface area (Å²) in [7, 11) is 0. The standard InChI is InChI=1S/C22H17F3N4O3/c1-13(12-30)27-21(31)19-10-18(15-5-7-17(8-6-15)32-22(23,24)25)28-20(29-19)16-4-2-3-14(9-16)11-26/h2-10,13,30H,12H2,1H3,(H,27,31). The second-order valence-electron chi connectivity index (χ2n) is 6.78. The summed E-state index contributed by atoms with van der Waals surface area (Å²) in [5.74, 6) is -0.811. The van der Waals surface area contributed by atoms with Crippen molar-refractivity contribution in [3.8, 4) is 34.5 Å². The molecule has 0 aliphatic carbocycles. The summed E-state index contributed by atoms with van der Waals surface area (Å²) in [6.45, 7) is 1.33. The maximum atomic E-state index is 12.6. The Labute approximate surface area is 181 Å². The number of carbonyl (C=O) groups is 1. The summed E-state index contributed by atoms with van der Waals surface area (Å²) in [6.07, 6.45) is -4.82. The molecule has 1 atom stereocenters. The molecule has 7 nitrogen and oxygen atoms in total. The number of aliphatic hydroxyl groups excluding tert-OH is 1. The Morgan fingerprint density at radius 3 is 2.50 bits per heavy atom.